The van der Waals surface area contributed by atoms with Crippen LogP contribution in [0.5, 0.6) is 23.0 Å². The molecular weight excluding hydrogens is 790 g/mol. The van der Waals surface area contributed by atoms with Crippen molar-refractivity contribution in [3.8, 4) is 23.0 Å². The zero-order chi connectivity index (χ0) is 33.1. The van der Waals surface area contributed by atoms with Crippen LogP contribution in [0.4, 0.5) is 0 Å². The van der Waals surface area contributed by atoms with Gasteiger partial charge in [-0.15, -0.1) is 0 Å². The van der Waals surface area contributed by atoms with Gasteiger partial charge in [-0.05, 0) is 51.0 Å². The number of para-hydroxylation sites is 2. The van der Waals surface area contributed by atoms with Crippen LogP contribution >= 0.6 is 0 Å². The molecule has 2 aromatic rings. The van der Waals surface area contributed by atoms with Gasteiger partial charge in [0.15, 0.2) is 0 Å². The normalized spacial score (nSPS) is 8.91. The summed E-state index contributed by atoms with van der Waals surface area (Å²) < 4.78 is 10.5. The molecule has 0 saturated carbocycles. The molecule has 0 heterocycles. The fourth-order valence-electron chi connectivity index (χ4n) is 2.25. The molecule has 20 heteroatoms. The number of aliphatic carboxylic acids is 2. The Morgan fingerprint density at radius 1 is 0.727 bits per heavy atom. The average molecular weight is 818 g/mol. The maximum Gasteiger partial charge on any atom is 3.00 e. The first-order valence-corrected chi connectivity index (χ1v) is 11.4. The number of hydrogen-bond donors (Lipinski definition) is 0. The maximum absolute atomic E-state index is 12.1. The van der Waals surface area contributed by atoms with Crippen LogP contribution in [0.25, 0.3) is 0 Å². The monoisotopic (exact) mass is 819 g/mol. The third kappa shape index (κ3) is 34.3. The molecule has 0 aliphatic heterocycles. The van der Waals surface area contributed by atoms with Crippen molar-refractivity contribution >= 4 is 24.4 Å². The van der Waals surface area contributed by atoms with Gasteiger partial charge in [-0.1, -0.05) is 35.8 Å². The summed E-state index contributed by atoms with van der Waals surface area (Å²) in [6.45, 7) is 7.31. The van der Waals surface area contributed by atoms with Gasteiger partial charge in [0, 0.05) is 24.4 Å². The predicted molar refractivity (Wildman–Crippen MR) is 141 cm³/mol. The van der Waals surface area contributed by atoms with E-state index in [1.54, 1.807) is 36.4 Å². The van der Waals surface area contributed by atoms with Crippen molar-refractivity contribution in [2.24, 2.45) is 9.98 Å². The molecule has 0 atom stereocenters. The minimum Gasteiger partial charge on any atom is -0.870 e. The van der Waals surface area contributed by atoms with E-state index in [1.165, 1.54) is 12.4 Å². The van der Waals surface area contributed by atoms with Gasteiger partial charge in [0.05, 0.1) is 36.5 Å². The molecule has 0 N–H and O–H groups in total. The Kier molecular flexibility index (Phi) is 36.2. The van der Waals surface area contributed by atoms with Gasteiger partial charge in [-0.3, -0.25) is 9.98 Å². The summed E-state index contributed by atoms with van der Waals surface area (Å²) in [5, 5.41) is 71.5. The number of ether oxygens (including phenoxy) is 2. The summed E-state index contributed by atoms with van der Waals surface area (Å²) in [6, 6.07) is 10.2. The minimum absolute atomic E-state index is 0. The van der Waals surface area contributed by atoms with Crippen LogP contribution in [0.2, 0.25) is 0 Å². The van der Waals surface area contributed by atoms with Crippen molar-refractivity contribution in [1.82, 2.24) is 0 Å². The quantitative estimate of drug-likeness (QED) is 0.130. The third-order valence-electron chi connectivity index (χ3n) is 3.44. The molecule has 0 bridgehead atoms. The number of nitrogens with zero attached hydrogens (tertiary/aromatic N) is 4. The number of aliphatic imine (C=N–C) groups is 2. The molecule has 247 valence electrons. The van der Waals surface area contributed by atoms with Crippen molar-refractivity contribution in [2.75, 3.05) is 26.3 Å². The van der Waals surface area contributed by atoms with Gasteiger partial charge in [0.25, 0.3) is 0 Å². The van der Waals surface area contributed by atoms with E-state index in [2.05, 4.69) is 9.98 Å². The topological polar surface area (TPSA) is 302 Å². The Morgan fingerprint density at radius 3 is 1.20 bits per heavy atom. The van der Waals surface area contributed by atoms with Crippen molar-refractivity contribution in [1.29, 1.82) is 0 Å². The van der Waals surface area contributed by atoms with Gasteiger partial charge in [0.1, 0.15) is 11.5 Å². The predicted octanol–water partition coefficient (Wildman–Crippen LogP) is -0.799. The minimum atomic E-state index is -1.75. The average Bonchev–Trinajstić information content (AvgIpc) is 2.84. The van der Waals surface area contributed by atoms with E-state index in [0.29, 0.717) is 48.9 Å². The fourth-order valence-corrected chi connectivity index (χ4v) is 2.25. The van der Waals surface area contributed by atoms with Crippen molar-refractivity contribution in [3.05, 3.63) is 78.2 Å². The molecule has 0 unspecified atom stereocenters. The summed E-state index contributed by atoms with van der Waals surface area (Å²) in [7, 11) is 0. The SMILES string of the molecule is CC(=O)[O-].CC(=O)[O-].CCOc1cccc(C=NCCN=Cc2cccc(OCC)c2[O-])c1[O-].O=[N+]([O-])[O-].O=[N+]([O-])[O-].[Co+3].[Dy+3]. The van der Waals surface area contributed by atoms with Crippen LogP contribution < -0.4 is 29.9 Å². The molecular formula is C24H28CoDyN4O14. The standard InChI is InChI=1S/C20H24N2O4.2C2H4O2.Co.Dy.2NO3/c1-3-25-17-9-5-7-15(19(17)23)13-21-11-12-22-14-16-8-6-10-18(20(16)24)26-4-2;2*1-2(3)4;;;2*2-1(3)4/h5-10,13-14,23-24H,3-4,11-12H2,1-2H3;2*1H3,(H,3,4);;;;/q;;;2*+3;2*-1/p-4. The summed E-state index contributed by atoms with van der Waals surface area (Å²) in [5.74, 6) is -1.87. The molecule has 2 rings (SSSR count). The van der Waals surface area contributed by atoms with Crippen LogP contribution in [0.1, 0.15) is 38.8 Å². The van der Waals surface area contributed by atoms with Crippen molar-refractivity contribution in [2.45, 2.75) is 27.7 Å². The number of hydrogen-bond acceptors (Lipinski definition) is 16. The molecule has 0 fully saturated rings. The van der Waals surface area contributed by atoms with E-state index >= 15 is 0 Å². The van der Waals surface area contributed by atoms with Gasteiger partial charge in [-0.2, -0.15) is 0 Å². The van der Waals surface area contributed by atoms with Crippen molar-refractivity contribution in [3.63, 3.8) is 0 Å². The Bertz CT molecular complexity index is 1040. The van der Waals surface area contributed by atoms with Crippen LogP contribution in [0, 0.1) is 68.8 Å². The Morgan fingerprint density at radius 2 is 0.977 bits per heavy atom. The van der Waals surface area contributed by atoms with E-state index in [4.69, 9.17) is 59.9 Å². The smallest absolute Gasteiger partial charge is 0.870 e. The van der Waals surface area contributed by atoms with Gasteiger partial charge >= 0.3 is 55.0 Å². The summed E-state index contributed by atoms with van der Waals surface area (Å²) >= 11 is 0. The van der Waals surface area contributed by atoms with Gasteiger partial charge < -0.3 is 70.1 Å². The summed E-state index contributed by atoms with van der Waals surface area (Å²) in [4.78, 5) is 42.7. The van der Waals surface area contributed by atoms with E-state index in [-0.39, 0.29) is 66.5 Å². The first kappa shape index (κ1) is 49.8. The fraction of sp³-hybridized carbons (Fsp3) is 0.333. The second-order valence-corrected chi connectivity index (χ2v) is 6.72. The van der Waals surface area contributed by atoms with E-state index in [9.17, 15) is 10.2 Å². The zero-order valence-corrected chi connectivity index (χ0v) is 26.7. The number of carbonyl (C=O) groups excluding carboxylic acids is 2. The summed E-state index contributed by atoms with van der Waals surface area (Å²) in [6.07, 6.45) is 3.05. The molecule has 0 aliphatic carbocycles. The van der Waals surface area contributed by atoms with Gasteiger partial charge in [0.2, 0.25) is 0 Å². The molecule has 1 radical (unpaired) electrons. The Balaban J connectivity index is -0.000000234. The second kappa shape index (κ2) is 32.0. The number of benzene rings is 2. The molecule has 0 saturated heterocycles. The number of carboxylic acids is 2. The number of rotatable bonds is 9. The van der Waals surface area contributed by atoms with Crippen molar-refractivity contribution < 1.29 is 105 Å². The maximum atomic E-state index is 12.1. The number of carbonyl (C=O) groups is 2. The van der Waals surface area contributed by atoms with E-state index < -0.39 is 22.1 Å². The molecule has 0 spiro atoms. The first-order chi connectivity index (χ1) is 19.6. The molecule has 0 aromatic heterocycles. The Hall–Kier alpha value is -3.90. The Labute approximate surface area is 292 Å². The van der Waals surface area contributed by atoms with Crippen LogP contribution in [0.3, 0.4) is 0 Å². The molecule has 2 aromatic carbocycles. The molecule has 0 amide bonds. The van der Waals surface area contributed by atoms with E-state index in [0.717, 1.165) is 13.8 Å². The van der Waals surface area contributed by atoms with Crippen LogP contribution in [-0.4, -0.2) is 60.8 Å². The van der Waals surface area contributed by atoms with Crippen LogP contribution in [0.15, 0.2) is 46.4 Å². The first-order valence-electron chi connectivity index (χ1n) is 11.4. The zero-order valence-electron chi connectivity index (χ0n) is 23.6. The second-order valence-electron chi connectivity index (χ2n) is 6.72. The third-order valence-corrected chi connectivity index (χ3v) is 3.44. The largest absolute Gasteiger partial charge is 3.00 e. The molecule has 44 heavy (non-hydrogen) atoms. The van der Waals surface area contributed by atoms with E-state index in [1.807, 2.05) is 13.8 Å². The van der Waals surface area contributed by atoms with Crippen LogP contribution in [-0.2, 0) is 26.4 Å². The van der Waals surface area contributed by atoms with Gasteiger partial charge in [-0.25, -0.2) is 0 Å². The summed E-state index contributed by atoms with van der Waals surface area (Å²) in [5.41, 5.74) is 0.956. The number of carboxylic acid groups (broad SMARTS) is 2. The molecule has 18 nitrogen and oxygen atoms in total. The molecule has 0 aliphatic rings.